The third-order valence-corrected chi connectivity index (χ3v) is 4.92. The summed E-state index contributed by atoms with van der Waals surface area (Å²) in [7, 11) is 0. The quantitative estimate of drug-likeness (QED) is 0.704. The van der Waals surface area contributed by atoms with Gasteiger partial charge in [-0.2, -0.15) is 0 Å². The van der Waals surface area contributed by atoms with Crippen molar-refractivity contribution >= 4 is 33.3 Å². The maximum absolute atomic E-state index is 14.3. The summed E-state index contributed by atoms with van der Waals surface area (Å²) < 4.78 is 28.8. The van der Waals surface area contributed by atoms with E-state index in [0.29, 0.717) is 41.9 Å². The van der Waals surface area contributed by atoms with Gasteiger partial charge in [0.15, 0.2) is 5.78 Å². The van der Waals surface area contributed by atoms with Crippen molar-refractivity contribution in [1.82, 2.24) is 4.90 Å². The van der Waals surface area contributed by atoms with Crippen molar-refractivity contribution in [1.29, 1.82) is 0 Å². The highest BCUT2D eigenvalue weighted by atomic mass is 79.9. The van der Waals surface area contributed by atoms with E-state index in [9.17, 15) is 18.4 Å². The van der Waals surface area contributed by atoms with Crippen molar-refractivity contribution in [2.24, 2.45) is 0 Å². The Hall–Kier alpha value is -2.28. The number of Topliss-reactive ketones (excluding diaryl/α,β-unsaturated/α-hetero) is 1. The topological polar surface area (TPSA) is 40.6 Å². The Bertz CT molecular complexity index is 865. The maximum Gasteiger partial charge on any atom is 0.256 e. The minimum absolute atomic E-state index is 0.0265. The molecule has 7 heteroatoms. The standard InChI is InChI=1S/C19H17BrF2N2O2/c1-12(25)13-2-5-18(17(22)10-13)23-6-8-24(9-7-23)19(26)15-4-3-14(20)11-16(15)21/h2-5,10-11H,6-9H2,1H3. The van der Waals surface area contributed by atoms with E-state index in [0.717, 1.165) is 0 Å². The van der Waals surface area contributed by atoms with Gasteiger partial charge in [-0.05, 0) is 43.3 Å². The SMILES string of the molecule is CC(=O)c1ccc(N2CCN(C(=O)c3ccc(Br)cc3F)CC2)c(F)c1. The van der Waals surface area contributed by atoms with Gasteiger partial charge in [-0.1, -0.05) is 15.9 Å². The van der Waals surface area contributed by atoms with Crippen molar-refractivity contribution < 1.29 is 18.4 Å². The van der Waals surface area contributed by atoms with Crippen molar-refractivity contribution in [2.75, 3.05) is 31.1 Å². The van der Waals surface area contributed by atoms with E-state index in [4.69, 9.17) is 0 Å². The Labute approximate surface area is 158 Å². The maximum atomic E-state index is 14.3. The molecule has 2 aromatic carbocycles. The summed E-state index contributed by atoms with van der Waals surface area (Å²) in [5.74, 6) is -1.60. The fourth-order valence-electron chi connectivity index (χ4n) is 2.97. The van der Waals surface area contributed by atoms with Crippen LogP contribution >= 0.6 is 15.9 Å². The average Bonchev–Trinajstić information content (AvgIpc) is 2.61. The highest BCUT2D eigenvalue weighted by Crippen LogP contribution is 2.23. The molecule has 1 amide bonds. The minimum atomic E-state index is -0.572. The fraction of sp³-hybridized carbons (Fsp3) is 0.263. The molecule has 1 saturated heterocycles. The third-order valence-electron chi connectivity index (χ3n) is 4.42. The van der Waals surface area contributed by atoms with Crippen LogP contribution in [-0.2, 0) is 0 Å². The van der Waals surface area contributed by atoms with Gasteiger partial charge >= 0.3 is 0 Å². The molecule has 0 bridgehead atoms. The number of nitrogens with zero attached hydrogens (tertiary/aromatic N) is 2. The summed E-state index contributed by atoms with van der Waals surface area (Å²) in [4.78, 5) is 27.2. The van der Waals surface area contributed by atoms with Gasteiger partial charge in [-0.25, -0.2) is 8.78 Å². The van der Waals surface area contributed by atoms with Crippen LogP contribution in [0.25, 0.3) is 0 Å². The molecule has 0 saturated carbocycles. The van der Waals surface area contributed by atoms with Crippen LogP contribution in [0, 0.1) is 11.6 Å². The van der Waals surface area contributed by atoms with Crippen molar-refractivity contribution in [3.8, 4) is 0 Å². The predicted molar refractivity (Wildman–Crippen MR) is 98.6 cm³/mol. The largest absolute Gasteiger partial charge is 0.366 e. The molecule has 0 aromatic heterocycles. The van der Waals surface area contributed by atoms with Gasteiger partial charge in [0.05, 0.1) is 11.3 Å². The number of carbonyl (C=O) groups is 2. The number of halogens is 3. The molecule has 0 atom stereocenters. The van der Waals surface area contributed by atoms with E-state index in [2.05, 4.69) is 15.9 Å². The zero-order valence-electron chi connectivity index (χ0n) is 14.1. The molecule has 136 valence electrons. The number of hydrogen-bond acceptors (Lipinski definition) is 3. The highest BCUT2D eigenvalue weighted by Gasteiger charge is 2.25. The number of anilines is 1. The number of carbonyl (C=O) groups excluding carboxylic acids is 2. The molecule has 0 unspecified atom stereocenters. The first kappa shape index (κ1) is 18.5. The molecule has 0 radical (unpaired) electrons. The molecular weight excluding hydrogens is 406 g/mol. The van der Waals surface area contributed by atoms with Gasteiger partial charge in [0.25, 0.3) is 5.91 Å². The van der Waals surface area contributed by atoms with Crippen LogP contribution in [0.15, 0.2) is 40.9 Å². The van der Waals surface area contributed by atoms with E-state index < -0.39 is 11.6 Å². The van der Waals surface area contributed by atoms with Crippen LogP contribution in [-0.4, -0.2) is 42.8 Å². The Morgan fingerprint density at radius 2 is 1.65 bits per heavy atom. The number of benzene rings is 2. The highest BCUT2D eigenvalue weighted by molar-refractivity contribution is 9.10. The molecule has 0 spiro atoms. The molecule has 3 rings (SSSR count). The summed E-state index contributed by atoms with van der Waals surface area (Å²) in [5.41, 5.74) is 0.751. The van der Waals surface area contributed by atoms with Crippen LogP contribution in [0.2, 0.25) is 0 Å². The molecule has 1 aliphatic rings. The zero-order chi connectivity index (χ0) is 18.8. The summed E-state index contributed by atoms with van der Waals surface area (Å²) in [6.07, 6.45) is 0. The van der Waals surface area contributed by atoms with Crippen molar-refractivity contribution in [3.63, 3.8) is 0 Å². The van der Waals surface area contributed by atoms with E-state index >= 15 is 0 Å². The minimum Gasteiger partial charge on any atom is -0.366 e. The molecule has 1 heterocycles. The molecule has 2 aromatic rings. The normalized spacial score (nSPS) is 14.5. The lowest BCUT2D eigenvalue weighted by atomic mass is 10.1. The van der Waals surface area contributed by atoms with Gasteiger partial charge in [0.1, 0.15) is 11.6 Å². The lowest BCUT2D eigenvalue weighted by Gasteiger charge is -2.36. The fourth-order valence-corrected chi connectivity index (χ4v) is 3.30. The van der Waals surface area contributed by atoms with E-state index in [-0.39, 0.29) is 17.3 Å². The second-order valence-corrected chi connectivity index (χ2v) is 7.04. The predicted octanol–water partition coefficient (Wildman–Crippen LogP) is 3.89. The summed E-state index contributed by atoms with van der Waals surface area (Å²) in [5, 5.41) is 0. The van der Waals surface area contributed by atoms with Crippen LogP contribution in [0.4, 0.5) is 14.5 Å². The Kier molecular flexibility index (Phi) is 5.36. The molecule has 1 fully saturated rings. The van der Waals surface area contributed by atoms with Crippen molar-refractivity contribution in [2.45, 2.75) is 6.92 Å². The number of amides is 1. The van der Waals surface area contributed by atoms with Gasteiger partial charge in [-0.3, -0.25) is 9.59 Å². The van der Waals surface area contributed by atoms with Gasteiger partial charge in [0, 0.05) is 36.2 Å². The van der Waals surface area contributed by atoms with E-state index in [1.807, 2.05) is 4.90 Å². The van der Waals surface area contributed by atoms with Crippen molar-refractivity contribution in [3.05, 3.63) is 63.6 Å². The number of piperazine rings is 1. The second kappa shape index (κ2) is 7.53. The van der Waals surface area contributed by atoms with Gasteiger partial charge in [-0.15, -0.1) is 0 Å². The Morgan fingerprint density at radius 3 is 2.23 bits per heavy atom. The molecule has 4 nitrogen and oxygen atoms in total. The van der Waals surface area contributed by atoms with Crippen LogP contribution in [0.5, 0.6) is 0 Å². The monoisotopic (exact) mass is 422 g/mol. The zero-order valence-corrected chi connectivity index (χ0v) is 15.7. The van der Waals surface area contributed by atoms with Crippen LogP contribution in [0.1, 0.15) is 27.6 Å². The average molecular weight is 423 g/mol. The third kappa shape index (κ3) is 3.77. The molecular formula is C19H17BrF2N2O2. The summed E-state index contributed by atoms with van der Waals surface area (Å²) in [6.45, 7) is 2.98. The summed E-state index contributed by atoms with van der Waals surface area (Å²) in [6, 6.07) is 8.74. The Morgan fingerprint density at radius 1 is 0.962 bits per heavy atom. The van der Waals surface area contributed by atoms with Gasteiger partial charge in [0.2, 0.25) is 0 Å². The molecule has 0 aliphatic carbocycles. The number of rotatable bonds is 3. The van der Waals surface area contributed by atoms with E-state index in [1.54, 1.807) is 23.1 Å². The molecule has 1 aliphatic heterocycles. The summed E-state index contributed by atoms with van der Waals surface area (Å²) >= 11 is 3.17. The van der Waals surface area contributed by atoms with Gasteiger partial charge < -0.3 is 9.80 Å². The smallest absolute Gasteiger partial charge is 0.256 e. The lowest BCUT2D eigenvalue weighted by Crippen LogP contribution is -2.49. The van der Waals surface area contributed by atoms with Crippen LogP contribution in [0.3, 0.4) is 0 Å². The van der Waals surface area contributed by atoms with Crippen LogP contribution < -0.4 is 4.90 Å². The number of hydrogen-bond donors (Lipinski definition) is 0. The first-order chi connectivity index (χ1) is 12.4. The lowest BCUT2D eigenvalue weighted by molar-refractivity contribution is 0.0741. The molecule has 0 N–H and O–H groups in total. The van der Waals surface area contributed by atoms with E-state index in [1.165, 1.54) is 25.1 Å². The second-order valence-electron chi connectivity index (χ2n) is 6.13. The first-order valence-corrected chi connectivity index (χ1v) is 8.96. The number of ketones is 1. The molecule has 26 heavy (non-hydrogen) atoms. The Balaban J connectivity index is 1.69. The first-order valence-electron chi connectivity index (χ1n) is 8.16.